The number of ether oxygens (including phenoxy) is 2. The van der Waals surface area contributed by atoms with Crippen LogP contribution in [0.15, 0.2) is 11.9 Å². The molecular weight excluding hydrogens is 177 g/mol. The van der Waals surface area contributed by atoms with Gasteiger partial charge in [-0.05, 0) is 0 Å². The average Bonchev–Trinajstić information content (AvgIpc) is 2.11. The van der Waals surface area contributed by atoms with E-state index in [2.05, 4.69) is 5.43 Å². The third kappa shape index (κ3) is 9.06. The number of nitrogens with one attached hydrogen (secondary N) is 1. The van der Waals surface area contributed by atoms with Crippen LogP contribution in [0.25, 0.3) is 0 Å². The number of rotatable bonds is 8. The van der Waals surface area contributed by atoms with Gasteiger partial charge in [0.1, 0.15) is 6.67 Å². The molecule has 0 bridgehead atoms. The zero-order valence-electron chi connectivity index (χ0n) is 7.46. The SMILES string of the molecule is NN/C=C(\N)COCCOCCF. The Morgan fingerprint density at radius 2 is 2.00 bits per heavy atom. The Morgan fingerprint density at radius 3 is 2.62 bits per heavy atom. The first kappa shape index (κ1) is 12.2. The van der Waals surface area contributed by atoms with Crippen molar-refractivity contribution in [1.29, 1.82) is 0 Å². The minimum atomic E-state index is -0.473. The summed E-state index contributed by atoms with van der Waals surface area (Å²) in [6, 6.07) is 0. The van der Waals surface area contributed by atoms with Crippen molar-refractivity contribution in [3.63, 3.8) is 0 Å². The Labute approximate surface area is 76.8 Å². The molecule has 78 valence electrons. The molecule has 0 rings (SSSR count). The summed E-state index contributed by atoms with van der Waals surface area (Å²) in [7, 11) is 0. The molecule has 13 heavy (non-hydrogen) atoms. The third-order valence-corrected chi connectivity index (χ3v) is 1.13. The number of alkyl halides is 1. The van der Waals surface area contributed by atoms with E-state index in [1.165, 1.54) is 6.20 Å². The monoisotopic (exact) mass is 193 g/mol. The van der Waals surface area contributed by atoms with E-state index in [4.69, 9.17) is 21.1 Å². The van der Waals surface area contributed by atoms with Crippen molar-refractivity contribution in [2.24, 2.45) is 11.6 Å². The lowest BCUT2D eigenvalue weighted by Gasteiger charge is -2.04. The molecule has 6 heteroatoms. The van der Waals surface area contributed by atoms with Gasteiger partial charge in [0.25, 0.3) is 0 Å². The smallest absolute Gasteiger partial charge is 0.113 e. The molecule has 0 saturated carbocycles. The molecule has 5 nitrogen and oxygen atoms in total. The van der Waals surface area contributed by atoms with E-state index in [0.717, 1.165) is 0 Å². The number of nitrogens with two attached hydrogens (primary N) is 2. The molecule has 0 aliphatic heterocycles. The highest BCUT2D eigenvalue weighted by atomic mass is 19.1. The molecule has 0 spiro atoms. The zero-order chi connectivity index (χ0) is 9.94. The fourth-order valence-corrected chi connectivity index (χ4v) is 0.613. The van der Waals surface area contributed by atoms with E-state index in [9.17, 15) is 4.39 Å². The maximum absolute atomic E-state index is 11.5. The van der Waals surface area contributed by atoms with E-state index < -0.39 is 6.67 Å². The molecule has 0 heterocycles. The van der Waals surface area contributed by atoms with E-state index in [1.54, 1.807) is 0 Å². The molecule has 0 saturated heterocycles. The average molecular weight is 193 g/mol. The van der Waals surface area contributed by atoms with Crippen LogP contribution in [0, 0.1) is 0 Å². The van der Waals surface area contributed by atoms with Crippen LogP contribution >= 0.6 is 0 Å². The number of hydrogen-bond acceptors (Lipinski definition) is 5. The van der Waals surface area contributed by atoms with Crippen molar-refractivity contribution in [3.05, 3.63) is 11.9 Å². The molecule has 5 N–H and O–H groups in total. The van der Waals surface area contributed by atoms with Crippen molar-refractivity contribution >= 4 is 0 Å². The van der Waals surface area contributed by atoms with E-state index in [0.29, 0.717) is 18.9 Å². The second-order valence-electron chi connectivity index (χ2n) is 2.24. The van der Waals surface area contributed by atoms with Gasteiger partial charge >= 0.3 is 0 Å². The highest BCUT2D eigenvalue weighted by Gasteiger charge is 1.91. The lowest BCUT2D eigenvalue weighted by atomic mass is 10.5. The Bertz CT molecular complexity index is 144. The van der Waals surface area contributed by atoms with Gasteiger partial charge in [0.15, 0.2) is 0 Å². The lowest BCUT2D eigenvalue weighted by Crippen LogP contribution is -2.19. The molecule has 0 radical (unpaired) electrons. The summed E-state index contributed by atoms with van der Waals surface area (Å²) in [6.07, 6.45) is 1.43. The molecule has 0 aromatic rings. The largest absolute Gasteiger partial charge is 0.399 e. The zero-order valence-corrected chi connectivity index (χ0v) is 7.46. The van der Waals surface area contributed by atoms with Crippen LogP contribution in [0.2, 0.25) is 0 Å². The van der Waals surface area contributed by atoms with E-state index >= 15 is 0 Å². The molecule has 0 aliphatic carbocycles. The molecule has 0 aromatic carbocycles. The highest BCUT2D eigenvalue weighted by Crippen LogP contribution is 1.84. The van der Waals surface area contributed by atoms with Gasteiger partial charge in [-0.15, -0.1) is 0 Å². The second-order valence-corrected chi connectivity index (χ2v) is 2.24. The molecule has 0 atom stereocenters. The predicted molar refractivity (Wildman–Crippen MR) is 47.2 cm³/mol. The highest BCUT2D eigenvalue weighted by molar-refractivity contribution is 4.93. The quantitative estimate of drug-likeness (QED) is 0.268. The minimum absolute atomic E-state index is 0.110. The van der Waals surface area contributed by atoms with Crippen LogP contribution in [0.3, 0.4) is 0 Å². The van der Waals surface area contributed by atoms with Crippen molar-refractivity contribution in [1.82, 2.24) is 5.43 Å². The van der Waals surface area contributed by atoms with Gasteiger partial charge in [-0.3, -0.25) is 5.84 Å². The fourth-order valence-electron chi connectivity index (χ4n) is 0.613. The van der Waals surface area contributed by atoms with E-state index in [-0.39, 0.29) is 13.2 Å². The normalized spacial score (nSPS) is 11.7. The number of halogens is 1. The van der Waals surface area contributed by atoms with Crippen molar-refractivity contribution in [3.8, 4) is 0 Å². The van der Waals surface area contributed by atoms with Crippen molar-refractivity contribution < 1.29 is 13.9 Å². The molecule has 0 aliphatic rings. The van der Waals surface area contributed by atoms with Crippen molar-refractivity contribution in [2.75, 3.05) is 33.1 Å². The molecule has 0 unspecified atom stereocenters. The summed E-state index contributed by atoms with van der Waals surface area (Å²) in [4.78, 5) is 0. The van der Waals surface area contributed by atoms with E-state index in [1.807, 2.05) is 0 Å². The maximum atomic E-state index is 11.5. The van der Waals surface area contributed by atoms with Crippen LogP contribution in [0.5, 0.6) is 0 Å². The van der Waals surface area contributed by atoms with Gasteiger partial charge in [0.05, 0.1) is 32.1 Å². The summed E-state index contributed by atoms with van der Waals surface area (Å²) in [5.41, 5.74) is 8.19. The topological polar surface area (TPSA) is 82.5 Å². The lowest BCUT2D eigenvalue weighted by molar-refractivity contribution is 0.0502. The Balaban J connectivity index is 3.11. The first-order chi connectivity index (χ1) is 6.31. The van der Waals surface area contributed by atoms with Gasteiger partial charge in [0, 0.05) is 6.20 Å². The second kappa shape index (κ2) is 9.24. The Morgan fingerprint density at radius 1 is 1.31 bits per heavy atom. The van der Waals surface area contributed by atoms with Crippen molar-refractivity contribution in [2.45, 2.75) is 0 Å². The standard InChI is InChI=1S/C7H16FN3O2/c8-1-2-12-3-4-13-6-7(9)5-11-10/h5,11H,1-4,6,9-10H2/b7-5-. The summed E-state index contributed by atoms with van der Waals surface area (Å²) < 4.78 is 21.4. The van der Waals surface area contributed by atoms with Gasteiger partial charge in [-0.25, -0.2) is 4.39 Å². The predicted octanol–water partition coefficient (Wildman–Crippen LogP) is -0.748. The summed E-state index contributed by atoms with van der Waals surface area (Å²) in [6.45, 7) is 0.674. The van der Waals surface area contributed by atoms with Gasteiger partial charge in [-0.1, -0.05) is 0 Å². The third-order valence-electron chi connectivity index (χ3n) is 1.13. The molecular formula is C7H16FN3O2. The summed E-state index contributed by atoms with van der Waals surface area (Å²) >= 11 is 0. The summed E-state index contributed by atoms with van der Waals surface area (Å²) in [5, 5.41) is 0. The molecule has 0 aromatic heterocycles. The Kier molecular flexibility index (Phi) is 8.64. The van der Waals surface area contributed by atoms with Crippen LogP contribution in [0.1, 0.15) is 0 Å². The van der Waals surface area contributed by atoms with Crippen LogP contribution < -0.4 is 17.0 Å². The molecule has 0 fully saturated rings. The first-order valence-electron chi connectivity index (χ1n) is 3.93. The van der Waals surface area contributed by atoms with Crippen LogP contribution in [-0.4, -0.2) is 33.1 Å². The number of hydrazine groups is 1. The fraction of sp³-hybridized carbons (Fsp3) is 0.714. The van der Waals surface area contributed by atoms with Gasteiger partial charge < -0.3 is 20.6 Å². The number of hydrogen-bond donors (Lipinski definition) is 3. The summed E-state index contributed by atoms with van der Waals surface area (Å²) in [5.74, 6) is 4.97. The van der Waals surface area contributed by atoms with Gasteiger partial charge in [0.2, 0.25) is 0 Å². The maximum Gasteiger partial charge on any atom is 0.113 e. The van der Waals surface area contributed by atoms with Crippen LogP contribution in [-0.2, 0) is 9.47 Å². The minimum Gasteiger partial charge on any atom is -0.399 e. The van der Waals surface area contributed by atoms with Crippen LogP contribution in [0.4, 0.5) is 4.39 Å². The molecule has 0 amide bonds. The first-order valence-corrected chi connectivity index (χ1v) is 3.93. The Hall–Kier alpha value is -0.850. The van der Waals surface area contributed by atoms with Gasteiger partial charge in [-0.2, -0.15) is 0 Å².